The molecule has 10 nitrogen and oxygen atoms in total. The van der Waals surface area contributed by atoms with Gasteiger partial charge in [-0.05, 0) is 34.4 Å². The molecule has 0 radical (unpaired) electrons. The van der Waals surface area contributed by atoms with Gasteiger partial charge in [-0.1, -0.05) is 36.4 Å². The molecule has 32 heavy (non-hydrogen) atoms. The molecule has 3 aromatic rings. The number of aromatic nitrogens is 4. The monoisotopic (exact) mass is 473 g/mol. The number of rotatable bonds is 7. The molecule has 2 aromatic heterocycles. The predicted octanol–water partition coefficient (Wildman–Crippen LogP) is 1.25. The van der Waals surface area contributed by atoms with Gasteiger partial charge in [-0.25, -0.2) is 13.2 Å². The lowest BCUT2D eigenvalue weighted by Gasteiger charge is -2.12. The van der Waals surface area contributed by atoms with Crippen molar-refractivity contribution in [2.45, 2.75) is 12.5 Å². The van der Waals surface area contributed by atoms with Gasteiger partial charge in [-0.15, -0.1) is 16.4 Å². The summed E-state index contributed by atoms with van der Waals surface area (Å²) in [5, 5.41) is 16.1. The number of ether oxygens (including phenoxy) is 1. The molecule has 0 saturated carbocycles. The zero-order chi connectivity index (χ0) is 22.6. The molecule has 3 heterocycles. The van der Waals surface area contributed by atoms with Crippen LogP contribution in [0.4, 0.5) is 0 Å². The number of benzene rings is 1. The first-order valence-corrected chi connectivity index (χ1v) is 12.4. The Labute approximate surface area is 187 Å². The van der Waals surface area contributed by atoms with Gasteiger partial charge in [0.05, 0.1) is 11.5 Å². The highest BCUT2D eigenvalue weighted by Gasteiger charge is 2.29. The molecule has 1 N–H and O–H groups in total. The number of nitrogens with zero attached hydrogens (tertiary/aromatic N) is 4. The van der Waals surface area contributed by atoms with Crippen LogP contribution in [-0.4, -0.2) is 64.7 Å². The Hall–Kier alpha value is -3.38. The summed E-state index contributed by atoms with van der Waals surface area (Å²) in [7, 11) is -3.13. The Morgan fingerprint density at radius 2 is 2.03 bits per heavy atom. The second kappa shape index (κ2) is 9.40. The van der Waals surface area contributed by atoms with Crippen LogP contribution in [0.2, 0.25) is 0 Å². The lowest BCUT2D eigenvalue weighted by Crippen LogP contribution is -2.38. The second-order valence-corrected chi connectivity index (χ2v) is 10.3. The van der Waals surface area contributed by atoms with Crippen LogP contribution in [0.15, 0.2) is 47.8 Å². The van der Waals surface area contributed by atoms with Gasteiger partial charge in [0, 0.05) is 16.5 Å². The minimum absolute atomic E-state index is 0.0347. The average molecular weight is 474 g/mol. The summed E-state index contributed by atoms with van der Waals surface area (Å²) in [5.41, 5.74) is 0.732. The Balaban J connectivity index is 1.52. The number of carbonyl (C=O) groups is 2. The van der Waals surface area contributed by atoms with Crippen LogP contribution < -0.4 is 5.32 Å². The number of carbonyl (C=O) groups excluding carboxylic acids is 2. The number of tetrazole rings is 1. The van der Waals surface area contributed by atoms with E-state index in [9.17, 15) is 18.0 Å². The van der Waals surface area contributed by atoms with E-state index >= 15 is 0 Å². The lowest BCUT2D eigenvalue weighted by atomic mass is 10.2. The maximum Gasteiger partial charge on any atom is 0.357 e. The van der Waals surface area contributed by atoms with Crippen molar-refractivity contribution < 1.29 is 22.7 Å². The van der Waals surface area contributed by atoms with Crippen molar-refractivity contribution in [3.8, 4) is 11.4 Å². The smallest absolute Gasteiger partial charge is 0.357 e. The summed E-state index contributed by atoms with van der Waals surface area (Å²) in [4.78, 5) is 25.9. The lowest BCUT2D eigenvalue weighted by molar-refractivity contribution is -0.143. The van der Waals surface area contributed by atoms with Crippen molar-refractivity contribution in [2.75, 3.05) is 18.1 Å². The largest absolute Gasteiger partial charge is 0.451 e. The van der Waals surface area contributed by atoms with Gasteiger partial charge < -0.3 is 10.1 Å². The number of esters is 1. The van der Waals surface area contributed by atoms with Crippen molar-refractivity contribution in [3.63, 3.8) is 0 Å². The van der Waals surface area contributed by atoms with Crippen LogP contribution in [0.25, 0.3) is 23.2 Å². The molecule has 1 unspecified atom stereocenters. The molecule has 1 atom stereocenters. The molecule has 0 bridgehead atoms. The molecular formula is C20H19N5O5S2. The fraction of sp³-hybridized carbons (Fsp3) is 0.250. The number of hydrogen-bond donors (Lipinski definition) is 1. The molecule has 0 spiro atoms. The minimum atomic E-state index is -3.13. The Bertz CT molecular complexity index is 1240. The third kappa shape index (κ3) is 5.26. The van der Waals surface area contributed by atoms with Crippen LogP contribution in [0.5, 0.6) is 0 Å². The first-order chi connectivity index (χ1) is 15.4. The first-order valence-electron chi connectivity index (χ1n) is 9.67. The standard InChI is InChI=1S/C20H19N5O5S2/c26-18(21-15-8-10-32(28,29)13-15)12-30-20(27)17(11-16-7-4-9-31-16)25-19(22-23-24-25)14-5-2-1-3-6-14/h1-7,9,11,15H,8,10,12-13H2,(H,21,26)/b17-11+. The summed E-state index contributed by atoms with van der Waals surface area (Å²) in [6, 6.07) is 12.3. The van der Waals surface area contributed by atoms with E-state index in [1.165, 1.54) is 16.0 Å². The highest BCUT2D eigenvalue weighted by Crippen LogP contribution is 2.22. The highest BCUT2D eigenvalue weighted by atomic mass is 32.2. The minimum Gasteiger partial charge on any atom is -0.451 e. The highest BCUT2D eigenvalue weighted by molar-refractivity contribution is 7.91. The number of amides is 1. The molecule has 12 heteroatoms. The van der Waals surface area contributed by atoms with Gasteiger partial charge in [0.15, 0.2) is 28.0 Å². The third-order valence-electron chi connectivity index (χ3n) is 4.69. The predicted molar refractivity (Wildman–Crippen MR) is 118 cm³/mol. The zero-order valence-corrected chi connectivity index (χ0v) is 18.4. The molecule has 1 amide bonds. The molecule has 0 aliphatic carbocycles. The number of sulfone groups is 1. The number of thiophene rings is 1. The molecule has 1 aromatic carbocycles. The first kappa shape index (κ1) is 21.8. The summed E-state index contributed by atoms with van der Waals surface area (Å²) in [6.45, 7) is -0.556. The molecule has 1 saturated heterocycles. The van der Waals surface area contributed by atoms with E-state index in [0.717, 1.165) is 4.88 Å². The van der Waals surface area contributed by atoms with Crippen LogP contribution in [-0.2, 0) is 24.2 Å². The Kier molecular flexibility index (Phi) is 6.42. The van der Waals surface area contributed by atoms with E-state index in [-0.39, 0.29) is 17.2 Å². The maximum absolute atomic E-state index is 12.9. The molecular weight excluding hydrogens is 454 g/mol. The quantitative estimate of drug-likeness (QED) is 0.400. The van der Waals surface area contributed by atoms with Gasteiger partial charge in [-0.2, -0.15) is 4.68 Å². The van der Waals surface area contributed by atoms with Crippen molar-refractivity contribution >= 4 is 44.8 Å². The van der Waals surface area contributed by atoms with Crippen LogP contribution >= 0.6 is 11.3 Å². The van der Waals surface area contributed by atoms with Crippen LogP contribution in [0, 0.1) is 0 Å². The summed E-state index contributed by atoms with van der Waals surface area (Å²) in [6.07, 6.45) is 1.92. The Morgan fingerprint density at radius 1 is 1.22 bits per heavy atom. The van der Waals surface area contributed by atoms with Gasteiger partial charge >= 0.3 is 5.97 Å². The summed E-state index contributed by atoms with van der Waals surface area (Å²) < 4.78 is 29.6. The molecule has 166 valence electrons. The van der Waals surface area contributed by atoms with Crippen LogP contribution in [0.3, 0.4) is 0 Å². The molecule has 1 aliphatic heterocycles. The van der Waals surface area contributed by atoms with Crippen molar-refractivity contribution in [2.24, 2.45) is 0 Å². The van der Waals surface area contributed by atoms with Gasteiger partial charge in [-0.3, -0.25) is 4.79 Å². The van der Waals surface area contributed by atoms with E-state index in [2.05, 4.69) is 20.8 Å². The molecule has 1 fully saturated rings. The topological polar surface area (TPSA) is 133 Å². The average Bonchev–Trinajstić information content (AvgIpc) is 3.52. The van der Waals surface area contributed by atoms with E-state index < -0.39 is 34.4 Å². The fourth-order valence-electron chi connectivity index (χ4n) is 3.21. The van der Waals surface area contributed by atoms with Crippen LogP contribution in [0.1, 0.15) is 11.3 Å². The Morgan fingerprint density at radius 3 is 2.72 bits per heavy atom. The maximum atomic E-state index is 12.9. The van der Waals surface area contributed by atoms with Gasteiger partial charge in [0.1, 0.15) is 0 Å². The summed E-state index contributed by atoms with van der Waals surface area (Å²) >= 11 is 1.41. The van der Waals surface area contributed by atoms with E-state index in [1.807, 2.05) is 35.7 Å². The number of nitrogens with one attached hydrogen (secondary N) is 1. The zero-order valence-electron chi connectivity index (χ0n) is 16.7. The second-order valence-electron chi connectivity index (χ2n) is 7.07. The van der Waals surface area contributed by atoms with Crippen molar-refractivity contribution in [1.82, 2.24) is 25.5 Å². The van der Waals surface area contributed by atoms with Gasteiger partial charge in [0.25, 0.3) is 5.91 Å². The van der Waals surface area contributed by atoms with Gasteiger partial charge in [0.2, 0.25) is 0 Å². The summed E-state index contributed by atoms with van der Waals surface area (Å²) in [5.74, 6) is -1.10. The van der Waals surface area contributed by atoms with E-state index in [0.29, 0.717) is 17.8 Å². The third-order valence-corrected chi connectivity index (χ3v) is 7.28. The molecule has 1 aliphatic rings. The van der Waals surface area contributed by atoms with Crippen molar-refractivity contribution in [3.05, 3.63) is 52.7 Å². The molecule has 4 rings (SSSR count). The van der Waals surface area contributed by atoms with E-state index in [4.69, 9.17) is 4.74 Å². The van der Waals surface area contributed by atoms with Crippen molar-refractivity contribution in [1.29, 1.82) is 0 Å². The number of hydrogen-bond acceptors (Lipinski definition) is 9. The fourth-order valence-corrected chi connectivity index (χ4v) is 5.54. The normalized spacial score (nSPS) is 17.8. The SMILES string of the molecule is O=C(COC(=O)/C(=C\c1cccs1)n1nnnc1-c1ccccc1)NC1CCS(=O)(=O)C1. The van der Waals surface area contributed by atoms with E-state index in [1.54, 1.807) is 18.2 Å².